The maximum Gasteiger partial charge on any atom is 0.227 e. The first kappa shape index (κ1) is 19.4. The number of aryl methyl sites for hydroxylation is 1. The Morgan fingerprint density at radius 2 is 2.00 bits per heavy atom. The number of carbonyl (C=O) groups is 2. The van der Waals surface area contributed by atoms with Gasteiger partial charge in [0.05, 0.1) is 5.92 Å². The Labute approximate surface area is 171 Å². The van der Waals surface area contributed by atoms with Crippen LogP contribution in [0.3, 0.4) is 0 Å². The Morgan fingerprint density at radius 3 is 2.79 bits per heavy atom. The lowest BCUT2D eigenvalue weighted by Crippen LogP contribution is -2.33. The molecule has 2 saturated heterocycles. The average Bonchev–Trinajstić information content (AvgIpc) is 3.39. The monoisotopic (exact) mass is 392 g/mol. The fourth-order valence-electron chi connectivity index (χ4n) is 4.17. The maximum absolute atomic E-state index is 12.7. The third-order valence-corrected chi connectivity index (χ3v) is 6.07. The van der Waals surface area contributed by atoms with Crippen LogP contribution in [0.15, 0.2) is 36.5 Å². The van der Waals surface area contributed by atoms with Crippen molar-refractivity contribution in [3.8, 4) is 0 Å². The molecule has 2 fully saturated rings. The number of anilines is 2. The first-order chi connectivity index (χ1) is 14.0. The minimum atomic E-state index is -0.317. The largest absolute Gasteiger partial charge is 0.357 e. The molecule has 6 heteroatoms. The second-order valence-electron chi connectivity index (χ2n) is 8.06. The lowest BCUT2D eigenvalue weighted by molar-refractivity contribution is -0.126. The molecular weight excluding hydrogens is 364 g/mol. The molecule has 0 saturated carbocycles. The van der Waals surface area contributed by atoms with Crippen molar-refractivity contribution in [2.45, 2.75) is 39.7 Å². The predicted molar refractivity (Wildman–Crippen MR) is 114 cm³/mol. The number of carbonyl (C=O) groups excluding carboxylic acids is 2. The molecule has 29 heavy (non-hydrogen) atoms. The summed E-state index contributed by atoms with van der Waals surface area (Å²) in [6, 6.07) is 9.93. The summed E-state index contributed by atoms with van der Waals surface area (Å²) in [6.45, 7) is 7.03. The molecule has 2 aromatic rings. The van der Waals surface area contributed by atoms with E-state index in [4.69, 9.17) is 0 Å². The topological polar surface area (TPSA) is 65.5 Å². The molecule has 0 spiro atoms. The van der Waals surface area contributed by atoms with Crippen molar-refractivity contribution in [1.82, 2.24) is 10.3 Å². The van der Waals surface area contributed by atoms with E-state index in [0.717, 1.165) is 41.3 Å². The molecule has 2 amide bonds. The number of nitrogens with zero attached hydrogens (tertiary/aromatic N) is 3. The molecule has 3 heterocycles. The van der Waals surface area contributed by atoms with Gasteiger partial charge in [-0.1, -0.05) is 12.1 Å². The Kier molecular flexibility index (Phi) is 5.51. The molecule has 1 atom stereocenters. The highest BCUT2D eigenvalue weighted by Gasteiger charge is 2.35. The van der Waals surface area contributed by atoms with E-state index in [9.17, 15) is 9.59 Å². The minimum absolute atomic E-state index is 0.0130. The van der Waals surface area contributed by atoms with Crippen LogP contribution in [-0.4, -0.2) is 36.4 Å². The van der Waals surface area contributed by atoms with Gasteiger partial charge in [0.2, 0.25) is 11.8 Å². The zero-order chi connectivity index (χ0) is 20.4. The summed E-state index contributed by atoms with van der Waals surface area (Å²) in [5.74, 6) is 0.610. The number of hydrogen-bond acceptors (Lipinski definition) is 4. The normalized spacial score (nSPS) is 19.1. The predicted octanol–water partition coefficient (Wildman–Crippen LogP) is 2.97. The third-order valence-electron chi connectivity index (χ3n) is 6.07. The molecule has 1 N–H and O–H groups in total. The lowest BCUT2D eigenvalue weighted by Gasteiger charge is -2.20. The summed E-state index contributed by atoms with van der Waals surface area (Å²) >= 11 is 0. The Balaban J connectivity index is 1.38. The Bertz CT molecular complexity index is 921. The lowest BCUT2D eigenvalue weighted by atomic mass is 10.1. The summed E-state index contributed by atoms with van der Waals surface area (Å²) in [5.41, 5.74) is 4.18. The minimum Gasteiger partial charge on any atom is -0.357 e. The zero-order valence-electron chi connectivity index (χ0n) is 17.1. The van der Waals surface area contributed by atoms with Gasteiger partial charge in [0, 0.05) is 44.5 Å². The van der Waals surface area contributed by atoms with Crippen LogP contribution in [0.2, 0.25) is 0 Å². The molecule has 4 rings (SSSR count). The van der Waals surface area contributed by atoms with E-state index in [-0.39, 0.29) is 24.2 Å². The average molecular weight is 393 g/mol. The van der Waals surface area contributed by atoms with E-state index in [1.165, 1.54) is 12.8 Å². The van der Waals surface area contributed by atoms with Crippen molar-refractivity contribution in [3.63, 3.8) is 0 Å². The van der Waals surface area contributed by atoms with Crippen LogP contribution < -0.4 is 15.1 Å². The van der Waals surface area contributed by atoms with Crippen LogP contribution in [0.5, 0.6) is 0 Å². The van der Waals surface area contributed by atoms with Gasteiger partial charge in [0.1, 0.15) is 5.82 Å². The molecule has 1 aromatic heterocycles. The van der Waals surface area contributed by atoms with E-state index in [1.807, 2.05) is 44.2 Å². The number of nitrogens with one attached hydrogen (secondary N) is 1. The van der Waals surface area contributed by atoms with E-state index in [2.05, 4.69) is 15.2 Å². The molecule has 1 unspecified atom stereocenters. The number of rotatable bonds is 5. The van der Waals surface area contributed by atoms with Gasteiger partial charge < -0.3 is 15.1 Å². The molecule has 2 aliphatic heterocycles. The molecular formula is C23H28N4O2. The van der Waals surface area contributed by atoms with Gasteiger partial charge in [-0.25, -0.2) is 4.98 Å². The molecule has 0 radical (unpaired) electrons. The fourth-order valence-corrected chi connectivity index (χ4v) is 4.17. The Hall–Kier alpha value is -2.89. The highest BCUT2D eigenvalue weighted by atomic mass is 16.2. The number of hydrogen-bond donors (Lipinski definition) is 1. The summed E-state index contributed by atoms with van der Waals surface area (Å²) in [4.78, 5) is 33.8. The number of amides is 2. The number of pyridine rings is 1. The summed E-state index contributed by atoms with van der Waals surface area (Å²) in [6.07, 6.45) is 4.47. The van der Waals surface area contributed by atoms with Crippen molar-refractivity contribution >= 4 is 23.3 Å². The molecule has 2 aliphatic rings. The highest BCUT2D eigenvalue weighted by Crippen LogP contribution is 2.29. The van der Waals surface area contributed by atoms with Gasteiger partial charge in [-0.2, -0.15) is 0 Å². The molecule has 1 aromatic carbocycles. The van der Waals surface area contributed by atoms with Crippen LogP contribution in [0, 0.1) is 19.8 Å². The quantitative estimate of drug-likeness (QED) is 0.850. The van der Waals surface area contributed by atoms with Crippen LogP contribution >= 0.6 is 0 Å². The third kappa shape index (κ3) is 4.11. The second-order valence-corrected chi connectivity index (χ2v) is 8.06. The summed E-state index contributed by atoms with van der Waals surface area (Å²) in [5, 5.41) is 3.01. The van der Waals surface area contributed by atoms with Gasteiger partial charge in [-0.05, 0) is 61.6 Å². The van der Waals surface area contributed by atoms with Crippen molar-refractivity contribution < 1.29 is 9.59 Å². The van der Waals surface area contributed by atoms with E-state index in [1.54, 1.807) is 11.1 Å². The number of benzene rings is 1. The van der Waals surface area contributed by atoms with Gasteiger partial charge in [0.15, 0.2) is 0 Å². The van der Waals surface area contributed by atoms with Gasteiger partial charge in [0.25, 0.3) is 0 Å². The standard InChI is InChI=1S/C23H28N4O2/c1-16-6-5-7-20(17(16)2)27-15-19(13-22(27)28)23(29)25-14-18-8-9-24-21(12-18)26-10-3-4-11-26/h5-9,12,19H,3-4,10-11,13-15H2,1-2H3,(H,25,29). The molecule has 0 aliphatic carbocycles. The molecule has 6 nitrogen and oxygen atoms in total. The second kappa shape index (κ2) is 8.23. The smallest absolute Gasteiger partial charge is 0.227 e. The van der Waals surface area contributed by atoms with Crippen molar-refractivity contribution in [3.05, 3.63) is 53.2 Å². The fraction of sp³-hybridized carbons (Fsp3) is 0.435. The summed E-state index contributed by atoms with van der Waals surface area (Å²) in [7, 11) is 0. The van der Waals surface area contributed by atoms with E-state index in [0.29, 0.717) is 13.1 Å². The molecule has 152 valence electrons. The first-order valence-corrected chi connectivity index (χ1v) is 10.4. The van der Waals surface area contributed by atoms with Crippen molar-refractivity contribution in [2.24, 2.45) is 5.92 Å². The number of aromatic nitrogens is 1. The zero-order valence-corrected chi connectivity index (χ0v) is 17.1. The van der Waals surface area contributed by atoms with Crippen LogP contribution in [0.4, 0.5) is 11.5 Å². The molecule has 0 bridgehead atoms. The van der Waals surface area contributed by atoms with Gasteiger partial charge >= 0.3 is 0 Å². The van der Waals surface area contributed by atoms with Crippen molar-refractivity contribution in [1.29, 1.82) is 0 Å². The highest BCUT2D eigenvalue weighted by molar-refractivity contribution is 6.00. The van der Waals surface area contributed by atoms with Crippen molar-refractivity contribution in [2.75, 3.05) is 29.4 Å². The van der Waals surface area contributed by atoms with Crippen LogP contribution in [0.1, 0.15) is 36.0 Å². The van der Waals surface area contributed by atoms with Gasteiger partial charge in [-0.15, -0.1) is 0 Å². The van der Waals surface area contributed by atoms with Gasteiger partial charge in [-0.3, -0.25) is 9.59 Å². The Morgan fingerprint density at radius 1 is 1.21 bits per heavy atom. The van der Waals surface area contributed by atoms with E-state index >= 15 is 0 Å². The van der Waals surface area contributed by atoms with E-state index < -0.39 is 0 Å². The maximum atomic E-state index is 12.7. The van der Waals surface area contributed by atoms with Crippen LogP contribution in [-0.2, 0) is 16.1 Å². The van der Waals surface area contributed by atoms with Crippen LogP contribution in [0.25, 0.3) is 0 Å². The SMILES string of the molecule is Cc1cccc(N2CC(C(=O)NCc3ccnc(N4CCCC4)c3)CC2=O)c1C. The first-order valence-electron chi connectivity index (χ1n) is 10.4. The summed E-state index contributed by atoms with van der Waals surface area (Å²) < 4.78 is 0.